The van der Waals surface area contributed by atoms with Crippen LogP contribution in [0.5, 0.6) is 11.5 Å². The van der Waals surface area contributed by atoms with Crippen LogP contribution in [0.3, 0.4) is 0 Å². The number of aryl methyl sites for hydroxylation is 1. The van der Waals surface area contributed by atoms with Crippen molar-refractivity contribution in [3.8, 4) is 11.5 Å². The van der Waals surface area contributed by atoms with E-state index in [1.165, 1.54) is 7.11 Å². The Morgan fingerprint density at radius 2 is 1.85 bits per heavy atom. The highest BCUT2D eigenvalue weighted by atomic mass is 16.5. The number of esters is 1. The van der Waals surface area contributed by atoms with Gasteiger partial charge in [-0.2, -0.15) is 0 Å². The van der Waals surface area contributed by atoms with Crippen molar-refractivity contribution in [2.24, 2.45) is 0 Å². The van der Waals surface area contributed by atoms with Gasteiger partial charge in [0.05, 0.1) is 19.8 Å². The maximum atomic E-state index is 12.3. The number of ether oxygens (including phenoxy) is 3. The Bertz CT molecular complexity index is 858. The molecule has 2 rings (SSSR count). The molecule has 6 nitrogen and oxygen atoms in total. The van der Waals surface area contributed by atoms with Crippen LogP contribution in [-0.2, 0) is 9.53 Å². The zero-order chi connectivity index (χ0) is 19.8. The van der Waals surface area contributed by atoms with Gasteiger partial charge in [-0.25, -0.2) is 4.79 Å². The molecule has 1 amide bonds. The number of amides is 1. The zero-order valence-corrected chi connectivity index (χ0v) is 15.9. The average Bonchev–Trinajstić information content (AvgIpc) is 2.68. The van der Waals surface area contributed by atoms with Crippen molar-refractivity contribution in [1.29, 1.82) is 0 Å². The molecule has 2 aromatic carbocycles. The average molecular weight is 369 g/mol. The van der Waals surface area contributed by atoms with Gasteiger partial charge in [0.25, 0.3) is 5.91 Å². The third-order valence-electron chi connectivity index (χ3n) is 3.84. The molecule has 27 heavy (non-hydrogen) atoms. The summed E-state index contributed by atoms with van der Waals surface area (Å²) in [6.45, 7) is 3.57. The highest BCUT2D eigenvalue weighted by Crippen LogP contribution is 2.28. The lowest BCUT2D eigenvalue weighted by molar-refractivity contribution is -0.118. The van der Waals surface area contributed by atoms with E-state index in [2.05, 4.69) is 5.32 Å². The van der Waals surface area contributed by atoms with E-state index in [0.717, 1.165) is 11.1 Å². The quantitative estimate of drug-likeness (QED) is 0.751. The molecular formula is C21H23NO5. The van der Waals surface area contributed by atoms with E-state index < -0.39 is 5.97 Å². The molecule has 0 unspecified atom stereocenters. The second kappa shape index (κ2) is 9.43. The van der Waals surface area contributed by atoms with E-state index in [9.17, 15) is 9.59 Å². The molecular weight excluding hydrogens is 346 g/mol. The summed E-state index contributed by atoms with van der Waals surface area (Å²) in [5.74, 6) is 0.204. The minimum atomic E-state index is -0.465. The summed E-state index contributed by atoms with van der Waals surface area (Å²) in [7, 11) is 2.85. The topological polar surface area (TPSA) is 73.9 Å². The van der Waals surface area contributed by atoms with E-state index in [1.54, 1.807) is 31.4 Å². The maximum Gasteiger partial charge on any atom is 0.337 e. The fourth-order valence-electron chi connectivity index (χ4n) is 2.43. The lowest BCUT2D eigenvalue weighted by Crippen LogP contribution is -2.21. The van der Waals surface area contributed by atoms with Crippen molar-refractivity contribution in [2.75, 3.05) is 26.1 Å². The van der Waals surface area contributed by atoms with Gasteiger partial charge in [-0.1, -0.05) is 24.3 Å². The second-order valence-electron chi connectivity index (χ2n) is 5.77. The van der Waals surface area contributed by atoms with E-state index in [0.29, 0.717) is 22.7 Å². The minimum absolute atomic E-state index is 0.193. The first-order valence-electron chi connectivity index (χ1n) is 8.40. The number of methoxy groups -OCH3 is 2. The Balaban J connectivity index is 2.06. The van der Waals surface area contributed by atoms with E-state index >= 15 is 0 Å². The predicted octanol–water partition coefficient (Wildman–Crippen LogP) is 3.84. The summed E-state index contributed by atoms with van der Waals surface area (Å²) in [4.78, 5) is 23.9. The van der Waals surface area contributed by atoms with Crippen molar-refractivity contribution in [3.63, 3.8) is 0 Å². The second-order valence-corrected chi connectivity index (χ2v) is 5.77. The van der Waals surface area contributed by atoms with Crippen LogP contribution < -0.4 is 14.8 Å². The van der Waals surface area contributed by atoms with Crippen LogP contribution in [0.4, 0.5) is 5.69 Å². The first-order valence-corrected chi connectivity index (χ1v) is 8.40. The molecule has 142 valence electrons. The van der Waals surface area contributed by atoms with E-state index in [4.69, 9.17) is 14.2 Å². The van der Waals surface area contributed by atoms with Gasteiger partial charge in [0.1, 0.15) is 0 Å². The number of carbonyl (C=O) groups is 2. The smallest absolute Gasteiger partial charge is 0.337 e. The molecule has 0 aliphatic carbocycles. The van der Waals surface area contributed by atoms with Gasteiger partial charge in [0.2, 0.25) is 0 Å². The predicted molar refractivity (Wildman–Crippen MR) is 104 cm³/mol. The molecule has 0 bridgehead atoms. The number of carbonyl (C=O) groups excluding carboxylic acids is 2. The van der Waals surface area contributed by atoms with Crippen LogP contribution >= 0.6 is 0 Å². The molecule has 0 spiro atoms. The molecule has 6 heteroatoms. The number of anilines is 1. The van der Waals surface area contributed by atoms with Crippen molar-refractivity contribution in [2.45, 2.75) is 13.8 Å². The fraction of sp³-hybridized carbons (Fsp3) is 0.238. The van der Waals surface area contributed by atoms with E-state index in [-0.39, 0.29) is 12.5 Å². The molecule has 0 radical (unpaired) electrons. The van der Waals surface area contributed by atoms with Gasteiger partial charge >= 0.3 is 5.97 Å². The van der Waals surface area contributed by atoms with Crippen LogP contribution in [-0.4, -0.2) is 32.7 Å². The monoisotopic (exact) mass is 369 g/mol. The van der Waals surface area contributed by atoms with Crippen LogP contribution in [0, 0.1) is 6.92 Å². The Labute approximate surface area is 158 Å². The maximum absolute atomic E-state index is 12.3. The van der Waals surface area contributed by atoms with Gasteiger partial charge < -0.3 is 19.5 Å². The SMILES string of the molecule is C/C=C/c1ccc(OCC(=O)Nc2cc(C(=O)OC)ccc2C)c(OC)c1. The van der Waals surface area contributed by atoms with E-state index in [1.807, 2.05) is 38.1 Å². The number of hydrogen-bond donors (Lipinski definition) is 1. The Morgan fingerprint density at radius 3 is 2.52 bits per heavy atom. The van der Waals surface area contributed by atoms with Gasteiger partial charge in [0, 0.05) is 5.69 Å². The lowest BCUT2D eigenvalue weighted by atomic mass is 10.1. The number of hydrogen-bond acceptors (Lipinski definition) is 5. The molecule has 0 heterocycles. The van der Waals surface area contributed by atoms with Gasteiger partial charge in [-0.3, -0.25) is 4.79 Å². The standard InChI is InChI=1S/C21H23NO5/c1-5-6-15-8-10-18(19(11-15)25-3)27-13-20(23)22-17-12-16(21(24)26-4)9-7-14(17)2/h5-12H,13H2,1-4H3,(H,22,23)/b6-5+. The van der Waals surface area contributed by atoms with Gasteiger partial charge in [-0.05, 0) is 49.2 Å². The van der Waals surface area contributed by atoms with Crippen molar-refractivity contribution < 1.29 is 23.8 Å². The number of nitrogens with one attached hydrogen (secondary N) is 1. The van der Waals surface area contributed by atoms with Gasteiger partial charge in [-0.15, -0.1) is 0 Å². The third-order valence-corrected chi connectivity index (χ3v) is 3.84. The molecule has 0 saturated carbocycles. The summed E-state index contributed by atoms with van der Waals surface area (Å²) in [5.41, 5.74) is 2.69. The van der Waals surface area contributed by atoms with Crippen molar-refractivity contribution in [3.05, 3.63) is 59.2 Å². The zero-order valence-electron chi connectivity index (χ0n) is 15.9. The van der Waals surface area contributed by atoms with Crippen molar-refractivity contribution >= 4 is 23.6 Å². The summed E-state index contributed by atoms with van der Waals surface area (Å²) in [6, 6.07) is 10.4. The molecule has 1 N–H and O–H groups in total. The molecule has 0 saturated heterocycles. The normalized spacial score (nSPS) is 10.5. The highest BCUT2D eigenvalue weighted by molar-refractivity contribution is 5.96. The molecule has 0 aliphatic rings. The summed E-state index contributed by atoms with van der Waals surface area (Å²) < 4.78 is 15.6. The van der Waals surface area contributed by atoms with Crippen LogP contribution in [0.25, 0.3) is 6.08 Å². The number of allylic oxidation sites excluding steroid dienone is 1. The first kappa shape index (κ1) is 20.0. The molecule has 0 aromatic heterocycles. The summed E-state index contributed by atoms with van der Waals surface area (Å²) in [6.07, 6.45) is 3.86. The molecule has 2 aromatic rings. The number of benzene rings is 2. The molecule has 0 aliphatic heterocycles. The Morgan fingerprint density at radius 1 is 1.07 bits per heavy atom. The van der Waals surface area contributed by atoms with Crippen molar-refractivity contribution in [1.82, 2.24) is 0 Å². The summed E-state index contributed by atoms with van der Waals surface area (Å²) in [5, 5.41) is 2.75. The van der Waals surface area contributed by atoms with Crippen LogP contribution in [0.1, 0.15) is 28.4 Å². The van der Waals surface area contributed by atoms with Crippen LogP contribution in [0.15, 0.2) is 42.5 Å². The van der Waals surface area contributed by atoms with Gasteiger partial charge in [0.15, 0.2) is 18.1 Å². The summed E-state index contributed by atoms with van der Waals surface area (Å²) >= 11 is 0. The number of rotatable bonds is 7. The van der Waals surface area contributed by atoms with Crippen LogP contribution in [0.2, 0.25) is 0 Å². The largest absolute Gasteiger partial charge is 0.493 e. The fourth-order valence-corrected chi connectivity index (χ4v) is 2.43. The molecule has 0 fully saturated rings. The lowest BCUT2D eigenvalue weighted by Gasteiger charge is -2.13. The Hall–Kier alpha value is -3.28. The molecule has 0 atom stereocenters. The highest BCUT2D eigenvalue weighted by Gasteiger charge is 2.12. The minimum Gasteiger partial charge on any atom is -0.493 e. The third kappa shape index (κ3) is 5.34. The first-order chi connectivity index (χ1) is 13.0. The Kier molecular flexibility index (Phi) is 7.00.